The van der Waals surface area contributed by atoms with Gasteiger partial charge in [-0.3, -0.25) is 4.98 Å². The highest BCUT2D eigenvalue weighted by Gasteiger charge is 2.18. The minimum absolute atomic E-state index is 0. The first kappa shape index (κ1) is 19.3. The van der Waals surface area contributed by atoms with Crippen molar-refractivity contribution in [3.05, 3.63) is 47.0 Å². The first-order valence-electron chi connectivity index (χ1n) is 7.87. The molecule has 6 nitrogen and oxygen atoms in total. The van der Waals surface area contributed by atoms with Gasteiger partial charge in [-0.05, 0) is 30.7 Å². The second kappa shape index (κ2) is 7.91. The van der Waals surface area contributed by atoms with Crippen LogP contribution in [0.1, 0.15) is 6.92 Å². The number of fused-ring (bicyclic) bond motifs is 1. The maximum absolute atomic E-state index is 11.6. The van der Waals surface area contributed by atoms with Crippen LogP contribution in [-0.2, 0) is 0 Å². The summed E-state index contributed by atoms with van der Waals surface area (Å²) in [6.07, 6.45) is 1.72. The molecule has 25 heavy (non-hydrogen) atoms. The molecule has 3 N–H and O–H groups in total. The van der Waals surface area contributed by atoms with Crippen molar-refractivity contribution in [1.82, 2.24) is 20.3 Å². The molecule has 3 aromatic rings. The highest BCUT2D eigenvalue weighted by molar-refractivity contribution is 5.90. The Labute approximate surface area is 157 Å². The van der Waals surface area contributed by atoms with Crippen LogP contribution in [0.3, 0.4) is 0 Å². The van der Waals surface area contributed by atoms with Crippen LogP contribution < -0.4 is 15.9 Å². The van der Waals surface area contributed by atoms with E-state index in [-0.39, 0.29) is 30.5 Å². The van der Waals surface area contributed by atoms with E-state index in [9.17, 15) is 4.79 Å². The van der Waals surface area contributed by atoms with Gasteiger partial charge in [-0.1, -0.05) is 12.1 Å². The highest BCUT2D eigenvalue weighted by Crippen LogP contribution is 2.29. The first-order valence-corrected chi connectivity index (χ1v) is 7.87. The smallest absolute Gasteiger partial charge is 0.325 e. The lowest BCUT2D eigenvalue weighted by Crippen LogP contribution is -2.49. The van der Waals surface area contributed by atoms with Crippen molar-refractivity contribution in [1.29, 1.82) is 0 Å². The summed E-state index contributed by atoms with van der Waals surface area (Å²) in [6, 6.07) is 10.9. The van der Waals surface area contributed by atoms with E-state index in [2.05, 4.69) is 56.4 Å². The molecule has 3 heterocycles. The van der Waals surface area contributed by atoms with Crippen LogP contribution in [0.4, 0.5) is 5.69 Å². The topological polar surface area (TPSA) is 76.8 Å². The van der Waals surface area contributed by atoms with Crippen molar-refractivity contribution in [3.63, 3.8) is 0 Å². The van der Waals surface area contributed by atoms with Gasteiger partial charge in [0, 0.05) is 43.1 Å². The number of nitrogens with zero attached hydrogens (tertiary/aromatic N) is 2. The van der Waals surface area contributed by atoms with Gasteiger partial charge < -0.3 is 15.2 Å². The Morgan fingerprint density at radius 2 is 2.04 bits per heavy atom. The highest BCUT2D eigenvalue weighted by atomic mass is 35.5. The van der Waals surface area contributed by atoms with Gasteiger partial charge in [-0.2, -0.15) is 0 Å². The Bertz CT molecular complexity index is 907. The van der Waals surface area contributed by atoms with Crippen LogP contribution in [0.5, 0.6) is 0 Å². The predicted octanol–water partition coefficient (Wildman–Crippen LogP) is 2.56. The van der Waals surface area contributed by atoms with Gasteiger partial charge in [-0.15, -0.1) is 24.8 Å². The molecular weight excluding hydrogens is 361 g/mol. The minimum Gasteiger partial charge on any atom is -0.366 e. The van der Waals surface area contributed by atoms with Crippen molar-refractivity contribution in [2.75, 3.05) is 24.5 Å². The normalized spacial score (nSPS) is 17.0. The number of nitrogens with one attached hydrogen (secondary N) is 3. The third-order valence-electron chi connectivity index (χ3n) is 4.41. The van der Waals surface area contributed by atoms with E-state index in [1.54, 1.807) is 6.20 Å². The number of benzene rings is 1. The van der Waals surface area contributed by atoms with Crippen LogP contribution in [0.15, 0.2) is 41.3 Å². The third-order valence-corrected chi connectivity index (χ3v) is 4.41. The van der Waals surface area contributed by atoms with Crippen molar-refractivity contribution < 1.29 is 0 Å². The van der Waals surface area contributed by atoms with Gasteiger partial charge in [0.2, 0.25) is 0 Å². The average molecular weight is 382 g/mol. The summed E-state index contributed by atoms with van der Waals surface area (Å²) in [5.41, 5.74) is 4.39. The van der Waals surface area contributed by atoms with Gasteiger partial charge in [0.1, 0.15) is 0 Å². The number of imidazole rings is 1. The van der Waals surface area contributed by atoms with Crippen molar-refractivity contribution in [2.24, 2.45) is 0 Å². The molecule has 1 fully saturated rings. The third kappa shape index (κ3) is 3.66. The van der Waals surface area contributed by atoms with Crippen molar-refractivity contribution in [2.45, 2.75) is 13.0 Å². The van der Waals surface area contributed by atoms with Gasteiger partial charge in [0.05, 0.1) is 5.52 Å². The van der Waals surface area contributed by atoms with E-state index in [4.69, 9.17) is 0 Å². The van der Waals surface area contributed by atoms with Gasteiger partial charge in [0.25, 0.3) is 0 Å². The molecule has 2 aromatic heterocycles. The molecule has 1 aliphatic heterocycles. The second-order valence-corrected chi connectivity index (χ2v) is 5.96. The quantitative estimate of drug-likeness (QED) is 0.637. The van der Waals surface area contributed by atoms with Crippen LogP contribution in [-0.4, -0.2) is 40.6 Å². The van der Waals surface area contributed by atoms with Gasteiger partial charge in [0.15, 0.2) is 5.65 Å². The van der Waals surface area contributed by atoms with Crippen molar-refractivity contribution >= 4 is 41.7 Å². The minimum atomic E-state index is -0.230. The zero-order chi connectivity index (χ0) is 15.8. The number of hydrogen-bond acceptors (Lipinski definition) is 4. The molecule has 1 atom stereocenters. The number of halogens is 2. The van der Waals surface area contributed by atoms with Gasteiger partial charge >= 0.3 is 5.69 Å². The molecule has 8 heteroatoms. The summed E-state index contributed by atoms with van der Waals surface area (Å²) in [5.74, 6) is 0. The van der Waals surface area contributed by atoms with E-state index < -0.39 is 0 Å². The molecule has 1 saturated heterocycles. The average Bonchev–Trinajstić information content (AvgIpc) is 2.95. The van der Waals surface area contributed by atoms with E-state index in [1.165, 1.54) is 5.69 Å². The molecule has 1 aliphatic rings. The number of pyridine rings is 1. The molecule has 0 aliphatic carbocycles. The Hall–Kier alpha value is -2.02. The van der Waals surface area contributed by atoms with Crippen LogP contribution in [0.2, 0.25) is 0 Å². The van der Waals surface area contributed by atoms with E-state index >= 15 is 0 Å². The molecule has 134 valence electrons. The molecule has 0 bridgehead atoms. The lowest BCUT2D eigenvalue weighted by molar-refractivity contribution is 0.501. The fourth-order valence-corrected chi connectivity index (χ4v) is 3.25. The predicted molar refractivity (Wildman–Crippen MR) is 106 cm³/mol. The fourth-order valence-electron chi connectivity index (χ4n) is 3.25. The molecule has 0 amide bonds. The molecule has 4 rings (SSSR count). The first-order chi connectivity index (χ1) is 11.2. The monoisotopic (exact) mass is 381 g/mol. The maximum Gasteiger partial charge on any atom is 0.325 e. The maximum atomic E-state index is 11.6. The number of hydrogen-bond donors (Lipinski definition) is 3. The summed E-state index contributed by atoms with van der Waals surface area (Å²) in [4.78, 5) is 23.7. The van der Waals surface area contributed by atoms with E-state index in [0.717, 1.165) is 36.3 Å². The Morgan fingerprint density at radius 3 is 2.84 bits per heavy atom. The largest absolute Gasteiger partial charge is 0.366 e. The summed E-state index contributed by atoms with van der Waals surface area (Å²) in [6.45, 7) is 5.22. The number of piperazine rings is 1. The van der Waals surface area contributed by atoms with E-state index in [1.807, 2.05) is 6.07 Å². The standard InChI is InChI=1S/C17H19N5O.2ClH/c1-11-10-18-7-8-22(11)13-4-2-3-12(9-13)14-5-6-19-16-15(14)20-17(23)21-16;;/h2-6,9,11,18H,7-8,10H2,1H3,(H2,19,20,21,23);2*1H/t11-;;/m0../s1. The van der Waals surface area contributed by atoms with Crippen molar-refractivity contribution in [3.8, 4) is 11.1 Å². The molecular formula is C17H21Cl2N5O. The zero-order valence-electron chi connectivity index (χ0n) is 13.8. The number of aromatic amines is 2. The van der Waals surface area contributed by atoms with E-state index in [0.29, 0.717) is 11.7 Å². The summed E-state index contributed by atoms with van der Waals surface area (Å²) >= 11 is 0. The van der Waals surface area contributed by atoms with Gasteiger partial charge in [-0.25, -0.2) is 9.78 Å². The fraction of sp³-hybridized carbons (Fsp3) is 0.294. The Morgan fingerprint density at radius 1 is 1.20 bits per heavy atom. The second-order valence-electron chi connectivity index (χ2n) is 5.96. The molecule has 0 unspecified atom stereocenters. The number of anilines is 1. The zero-order valence-corrected chi connectivity index (χ0v) is 15.4. The lowest BCUT2D eigenvalue weighted by Gasteiger charge is -2.36. The van der Waals surface area contributed by atoms with Crippen LogP contribution in [0.25, 0.3) is 22.3 Å². The molecule has 0 saturated carbocycles. The SMILES string of the molecule is C[C@H]1CNCCN1c1cccc(-c2ccnc3[nH]c(=O)[nH]c23)c1.Cl.Cl. The van der Waals surface area contributed by atoms with Crippen LogP contribution >= 0.6 is 24.8 Å². The Balaban J connectivity index is 0.00000113. The molecule has 1 aromatic carbocycles. The summed E-state index contributed by atoms with van der Waals surface area (Å²) < 4.78 is 0. The number of H-pyrrole nitrogens is 2. The summed E-state index contributed by atoms with van der Waals surface area (Å²) in [5, 5.41) is 3.41. The molecule has 0 radical (unpaired) electrons. The number of rotatable bonds is 2. The summed E-state index contributed by atoms with van der Waals surface area (Å²) in [7, 11) is 0. The lowest BCUT2D eigenvalue weighted by atomic mass is 10.0. The van der Waals surface area contributed by atoms with Crippen LogP contribution in [0, 0.1) is 0 Å². The molecule has 0 spiro atoms. The Kier molecular flexibility index (Phi) is 6.11. The number of aromatic nitrogens is 3.